The summed E-state index contributed by atoms with van der Waals surface area (Å²) >= 11 is 0. The molecular weight excluding hydrogens is 212 g/mol. The highest BCUT2D eigenvalue weighted by Gasteiger charge is 2.17. The lowest BCUT2D eigenvalue weighted by Crippen LogP contribution is -2.28. The number of nitrogens with one attached hydrogen (secondary N) is 2. The van der Waals surface area contributed by atoms with Gasteiger partial charge in [-0.3, -0.25) is 4.79 Å². The highest BCUT2D eigenvalue weighted by atomic mass is 16.1. The van der Waals surface area contributed by atoms with Gasteiger partial charge in [0.25, 0.3) is 5.91 Å². The van der Waals surface area contributed by atoms with Crippen LogP contribution in [0.15, 0.2) is 30.5 Å². The van der Waals surface area contributed by atoms with E-state index >= 15 is 0 Å². The van der Waals surface area contributed by atoms with E-state index in [-0.39, 0.29) is 5.91 Å². The average Bonchev–Trinajstić information content (AvgIpc) is 2.38. The molecule has 0 atom stereocenters. The van der Waals surface area contributed by atoms with Crippen molar-refractivity contribution in [2.45, 2.75) is 26.3 Å². The third kappa shape index (κ3) is 2.67. The van der Waals surface area contributed by atoms with E-state index in [1.165, 1.54) is 5.56 Å². The van der Waals surface area contributed by atoms with Crippen LogP contribution in [0.2, 0.25) is 0 Å². The van der Waals surface area contributed by atoms with Crippen molar-refractivity contribution in [2.24, 2.45) is 0 Å². The summed E-state index contributed by atoms with van der Waals surface area (Å²) in [6.45, 7) is 3.65. The molecule has 2 N–H and O–H groups in total. The molecule has 1 amide bonds. The first-order valence-corrected chi connectivity index (χ1v) is 6.13. The van der Waals surface area contributed by atoms with Crippen LogP contribution in [-0.4, -0.2) is 12.5 Å². The number of fused-ring (bicyclic) bond motifs is 1. The summed E-state index contributed by atoms with van der Waals surface area (Å²) in [5, 5.41) is 6.09. The summed E-state index contributed by atoms with van der Waals surface area (Å²) in [6.07, 6.45) is 3.92. The number of carbonyl (C=O) groups is 1. The average molecular weight is 230 g/mol. The molecule has 0 fully saturated rings. The second kappa shape index (κ2) is 5.53. The Balaban J connectivity index is 2.11. The number of rotatable bonds is 4. The predicted octanol–water partition coefficient (Wildman–Crippen LogP) is 2.05. The van der Waals surface area contributed by atoms with Gasteiger partial charge in [0.05, 0.1) is 5.57 Å². The van der Waals surface area contributed by atoms with E-state index in [1.807, 2.05) is 24.4 Å². The Kier molecular flexibility index (Phi) is 3.81. The van der Waals surface area contributed by atoms with Crippen LogP contribution in [0.25, 0.3) is 5.57 Å². The van der Waals surface area contributed by atoms with Crippen molar-refractivity contribution < 1.29 is 4.79 Å². The molecular formula is C14H18N2O. The first-order chi connectivity index (χ1) is 8.33. The minimum absolute atomic E-state index is 0.0121. The van der Waals surface area contributed by atoms with Gasteiger partial charge in [0.15, 0.2) is 0 Å². The van der Waals surface area contributed by atoms with E-state index in [0.29, 0.717) is 0 Å². The van der Waals surface area contributed by atoms with Crippen molar-refractivity contribution in [3.63, 3.8) is 0 Å². The molecule has 3 heteroatoms. The van der Waals surface area contributed by atoms with Gasteiger partial charge in [-0.2, -0.15) is 0 Å². The van der Waals surface area contributed by atoms with Crippen LogP contribution in [0.5, 0.6) is 0 Å². The molecule has 3 nitrogen and oxygen atoms in total. The van der Waals surface area contributed by atoms with E-state index in [4.69, 9.17) is 0 Å². The van der Waals surface area contributed by atoms with E-state index in [2.05, 4.69) is 23.6 Å². The molecule has 17 heavy (non-hydrogen) atoms. The first kappa shape index (κ1) is 11.7. The Morgan fingerprint density at radius 2 is 2.24 bits per heavy atom. The number of hydrogen-bond donors (Lipinski definition) is 2. The van der Waals surface area contributed by atoms with Crippen LogP contribution >= 0.6 is 0 Å². The third-order valence-corrected chi connectivity index (χ3v) is 2.91. The summed E-state index contributed by atoms with van der Waals surface area (Å²) in [7, 11) is 0. The molecule has 1 heterocycles. The molecule has 1 aromatic carbocycles. The Bertz CT molecular complexity index is 438. The maximum Gasteiger partial charge on any atom is 0.253 e. The van der Waals surface area contributed by atoms with E-state index in [9.17, 15) is 4.79 Å². The number of carbonyl (C=O) groups excluding carboxylic acids is 1. The molecule has 0 spiro atoms. The standard InChI is InChI=1S/C14H18N2O/c1-2-3-8-16-14(17)13-10-15-9-11-6-4-5-7-12(11)13/h4-7,10,15H,2-3,8-9H2,1H3,(H,16,17). The van der Waals surface area contributed by atoms with Crippen molar-refractivity contribution in [1.29, 1.82) is 0 Å². The van der Waals surface area contributed by atoms with Crippen LogP contribution in [0.4, 0.5) is 0 Å². The highest BCUT2D eigenvalue weighted by Crippen LogP contribution is 2.22. The summed E-state index contributed by atoms with van der Waals surface area (Å²) < 4.78 is 0. The van der Waals surface area contributed by atoms with Gasteiger partial charge in [0.2, 0.25) is 0 Å². The summed E-state index contributed by atoms with van der Waals surface area (Å²) in [5.41, 5.74) is 2.96. The topological polar surface area (TPSA) is 41.1 Å². The zero-order valence-electron chi connectivity index (χ0n) is 10.1. The van der Waals surface area contributed by atoms with Crippen LogP contribution in [0.1, 0.15) is 30.9 Å². The fraction of sp³-hybridized carbons (Fsp3) is 0.357. The Hall–Kier alpha value is -1.77. The van der Waals surface area contributed by atoms with Gasteiger partial charge in [-0.25, -0.2) is 0 Å². The third-order valence-electron chi connectivity index (χ3n) is 2.91. The molecule has 0 bridgehead atoms. The van der Waals surface area contributed by atoms with Gasteiger partial charge in [-0.1, -0.05) is 37.6 Å². The van der Waals surface area contributed by atoms with Crippen molar-refractivity contribution >= 4 is 11.5 Å². The first-order valence-electron chi connectivity index (χ1n) is 6.13. The Labute approximate surface area is 102 Å². The van der Waals surface area contributed by atoms with E-state index < -0.39 is 0 Å². The molecule has 1 aromatic rings. The lowest BCUT2D eigenvalue weighted by molar-refractivity contribution is -0.115. The lowest BCUT2D eigenvalue weighted by Gasteiger charge is -2.18. The molecule has 0 aromatic heterocycles. The monoisotopic (exact) mass is 230 g/mol. The van der Waals surface area contributed by atoms with Gasteiger partial charge in [0.1, 0.15) is 0 Å². The van der Waals surface area contributed by atoms with Gasteiger partial charge in [-0.05, 0) is 17.5 Å². The number of amides is 1. The zero-order valence-corrected chi connectivity index (χ0v) is 10.1. The van der Waals surface area contributed by atoms with Gasteiger partial charge in [-0.15, -0.1) is 0 Å². The molecule has 0 aliphatic carbocycles. The van der Waals surface area contributed by atoms with Crippen LogP contribution < -0.4 is 10.6 Å². The van der Waals surface area contributed by atoms with Crippen molar-refractivity contribution in [3.8, 4) is 0 Å². The highest BCUT2D eigenvalue weighted by molar-refractivity contribution is 6.20. The van der Waals surface area contributed by atoms with Crippen LogP contribution in [0, 0.1) is 0 Å². The quantitative estimate of drug-likeness (QED) is 0.777. The van der Waals surface area contributed by atoms with Gasteiger partial charge >= 0.3 is 0 Å². The lowest BCUT2D eigenvalue weighted by atomic mass is 9.97. The SMILES string of the molecule is CCCCNC(=O)C1=CNCc2ccccc21. The van der Waals surface area contributed by atoms with Crippen LogP contribution in [0.3, 0.4) is 0 Å². The Morgan fingerprint density at radius 1 is 1.41 bits per heavy atom. The Morgan fingerprint density at radius 3 is 3.06 bits per heavy atom. The number of hydrogen-bond acceptors (Lipinski definition) is 2. The summed E-state index contributed by atoms with van der Waals surface area (Å²) in [4.78, 5) is 12.0. The smallest absolute Gasteiger partial charge is 0.253 e. The largest absolute Gasteiger partial charge is 0.386 e. The second-order valence-corrected chi connectivity index (χ2v) is 4.21. The van der Waals surface area contributed by atoms with Crippen molar-refractivity contribution in [3.05, 3.63) is 41.6 Å². The molecule has 1 aliphatic heterocycles. The number of benzene rings is 1. The fourth-order valence-corrected chi connectivity index (χ4v) is 1.94. The molecule has 2 rings (SSSR count). The van der Waals surface area contributed by atoms with Crippen LogP contribution in [-0.2, 0) is 11.3 Å². The minimum Gasteiger partial charge on any atom is -0.386 e. The zero-order chi connectivity index (χ0) is 12.1. The van der Waals surface area contributed by atoms with Gasteiger partial charge in [0, 0.05) is 19.3 Å². The maximum atomic E-state index is 12.0. The van der Waals surface area contributed by atoms with E-state index in [1.54, 1.807) is 0 Å². The molecule has 1 aliphatic rings. The fourth-order valence-electron chi connectivity index (χ4n) is 1.94. The summed E-state index contributed by atoms with van der Waals surface area (Å²) in [5.74, 6) is 0.0121. The van der Waals surface area contributed by atoms with Gasteiger partial charge < -0.3 is 10.6 Å². The van der Waals surface area contributed by atoms with E-state index in [0.717, 1.165) is 37.1 Å². The summed E-state index contributed by atoms with van der Waals surface area (Å²) in [6, 6.07) is 8.02. The maximum absolute atomic E-state index is 12.0. The molecule has 0 saturated heterocycles. The van der Waals surface area contributed by atoms with Crippen molar-refractivity contribution in [2.75, 3.05) is 6.54 Å². The molecule has 0 unspecified atom stereocenters. The normalized spacial score (nSPS) is 13.4. The molecule has 90 valence electrons. The van der Waals surface area contributed by atoms with Crippen molar-refractivity contribution in [1.82, 2.24) is 10.6 Å². The predicted molar refractivity (Wildman–Crippen MR) is 69.2 cm³/mol. The molecule has 0 saturated carbocycles. The molecule has 0 radical (unpaired) electrons. The minimum atomic E-state index is 0.0121. The number of unbranched alkanes of at least 4 members (excludes halogenated alkanes) is 1. The second-order valence-electron chi connectivity index (χ2n) is 4.21.